The first kappa shape index (κ1) is 12.8. The van der Waals surface area contributed by atoms with Crippen molar-refractivity contribution in [1.29, 1.82) is 0 Å². The van der Waals surface area contributed by atoms with Gasteiger partial charge < -0.3 is 10.3 Å². The van der Waals surface area contributed by atoms with Crippen LogP contribution in [0.5, 0.6) is 0 Å². The van der Waals surface area contributed by atoms with Crippen molar-refractivity contribution in [2.24, 2.45) is 0 Å². The smallest absolute Gasteiger partial charge is 0.220 e. The largest absolute Gasteiger partial charge is 0.367 e. The summed E-state index contributed by atoms with van der Waals surface area (Å²) in [5, 5.41) is 2.92. The molecular weight excluding hydrogens is 200 g/mol. The van der Waals surface area contributed by atoms with Crippen LogP contribution in [0, 0.1) is 0 Å². The van der Waals surface area contributed by atoms with Gasteiger partial charge in [-0.2, -0.15) is 0 Å². The zero-order chi connectivity index (χ0) is 11.6. The molecule has 16 heavy (non-hydrogen) atoms. The number of carbonyl (C=O) groups excluding carboxylic acids is 1. The molecule has 0 aliphatic carbocycles. The van der Waals surface area contributed by atoms with E-state index in [0.717, 1.165) is 12.0 Å². The average Bonchev–Trinajstić information content (AvgIpc) is 2.79. The maximum Gasteiger partial charge on any atom is 0.220 e. The molecular formula is C13H22N2O. The number of aromatic amines is 1. The fraction of sp³-hybridized carbons (Fsp3) is 0.615. The van der Waals surface area contributed by atoms with E-state index in [1.807, 2.05) is 18.5 Å². The maximum atomic E-state index is 11.4. The Hall–Kier alpha value is -1.25. The molecule has 1 heterocycles. The highest BCUT2D eigenvalue weighted by Gasteiger charge is 2.00. The van der Waals surface area contributed by atoms with Crippen LogP contribution in [0.25, 0.3) is 0 Å². The third-order valence-corrected chi connectivity index (χ3v) is 2.66. The second-order valence-corrected chi connectivity index (χ2v) is 4.16. The van der Waals surface area contributed by atoms with E-state index >= 15 is 0 Å². The summed E-state index contributed by atoms with van der Waals surface area (Å²) < 4.78 is 0. The van der Waals surface area contributed by atoms with Crippen LogP contribution in [0.1, 0.15) is 51.0 Å². The van der Waals surface area contributed by atoms with Crippen molar-refractivity contribution in [2.75, 3.05) is 0 Å². The van der Waals surface area contributed by atoms with Crippen LogP contribution in [0.4, 0.5) is 0 Å². The van der Waals surface area contributed by atoms with E-state index in [9.17, 15) is 4.79 Å². The number of H-pyrrole nitrogens is 1. The minimum Gasteiger partial charge on any atom is -0.367 e. The number of carbonyl (C=O) groups is 1. The molecule has 1 amide bonds. The molecule has 0 spiro atoms. The third kappa shape index (κ3) is 5.59. The van der Waals surface area contributed by atoms with Crippen molar-refractivity contribution < 1.29 is 4.79 Å². The molecule has 0 fully saturated rings. The Morgan fingerprint density at radius 1 is 1.31 bits per heavy atom. The quantitative estimate of drug-likeness (QED) is 0.652. The van der Waals surface area contributed by atoms with Crippen LogP contribution in [-0.4, -0.2) is 10.9 Å². The van der Waals surface area contributed by atoms with Gasteiger partial charge in [0.05, 0.1) is 0 Å². The van der Waals surface area contributed by atoms with Crippen LogP contribution in [-0.2, 0) is 11.3 Å². The second kappa shape index (κ2) is 7.97. The molecule has 3 nitrogen and oxygen atoms in total. The number of unbranched alkanes of at least 4 members (excludes halogenated alkanes) is 4. The van der Waals surface area contributed by atoms with Gasteiger partial charge in [-0.05, 0) is 18.1 Å². The number of amides is 1. The molecule has 0 aromatic carbocycles. The van der Waals surface area contributed by atoms with E-state index in [4.69, 9.17) is 0 Å². The van der Waals surface area contributed by atoms with E-state index in [1.165, 1.54) is 25.7 Å². The molecule has 0 bridgehead atoms. The minimum atomic E-state index is 0.165. The Bertz CT molecular complexity index is 280. The first-order valence-corrected chi connectivity index (χ1v) is 6.21. The molecule has 0 radical (unpaired) electrons. The lowest BCUT2D eigenvalue weighted by molar-refractivity contribution is -0.121. The summed E-state index contributed by atoms with van der Waals surface area (Å²) in [5.41, 5.74) is 1.12. The Kier molecular flexibility index (Phi) is 6.38. The number of rotatable bonds is 8. The maximum absolute atomic E-state index is 11.4. The van der Waals surface area contributed by atoms with Crippen LogP contribution in [0.3, 0.4) is 0 Å². The van der Waals surface area contributed by atoms with Gasteiger partial charge in [0.2, 0.25) is 5.91 Å². The van der Waals surface area contributed by atoms with Crippen molar-refractivity contribution in [2.45, 2.75) is 52.0 Å². The lowest BCUT2D eigenvalue weighted by Gasteiger charge is -2.03. The zero-order valence-corrected chi connectivity index (χ0v) is 10.1. The minimum absolute atomic E-state index is 0.165. The fourth-order valence-corrected chi connectivity index (χ4v) is 1.65. The summed E-state index contributed by atoms with van der Waals surface area (Å²) >= 11 is 0. The predicted octanol–water partition coefficient (Wildman–Crippen LogP) is 2.99. The van der Waals surface area contributed by atoms with Crippen LogP contribution in [0.15, 0.2) is 18.5 Å². The van der Waals surface area contributed by atoms with E-state index in [-0.39, 0.29) is 5.91 Å². The molecule has 1 aromatic heterocycles. The molecule has 0 aliphatic rings. The van der Waals surface area contributed by atoms with Gasteiger partial charge in [-0.3, -0.25) is 4.79 Å². The van der Waals surface area contributed by atoms with Gasteiger partial charge in [-0.1, -0.05) is 32.6 Å². The highest BCUT2D eigenvalue weighted by atomic mass is 16.1. The molecule has 1 rings (SSSR count). The standard InChI is InChI=1S/C13H22N2O/c1-2-3-4-5-6-7-13(16)15-11-12-8-9-14-10-12/h8-10,14H,2-7,11H2,1H3,(H,15,16). The lowest BCUT2D eigenvalue weighted by atomic mass is 10.1. The molecule has 1 aromatic rings. The highest BCUT2D eigenvalue weighted by Crippen LogP contribution is 2.05. The monoisotopic (exact) mass is 222 g/mol. The summed E-state index contributed by atoms with van der Waals surface area (Å²) in [6, 6.07) is 1.97. The zero-order valence-electron chi connectivity index (χ0n) is 10.1. The number of hydrogen-bond acceptors (Lipinski definition) is 1. The number of aromatic nitrogens is 1. The second-order valence-electron chi connectivity index (χ2n) is 4.16. The van der Waals surface area contributed by atoms with Crippen molar-refractivity contribution in [3.63, 3.8) is 0 Å². The van der Waals surface area contributed by atoms with Gasteiger partial charge in [-0.25, -0.2) is 0 Å². The number of hydrogen-bond donors (Lipinski definition) is 2. The molecule has 0 saturated carbocycles. The predicted molar refractivity (Wildman–Crippen MR) is 66.0 cm³/mol. The molecule has 0 unspecified atom stereocenters. The molecule has 2 N–H and O–H groups in total. The van der Waals surface area contributed by atoms with Crippen LogP contribution in [0.2, 0.25) is 0 Å². The highest BCUT2D eigenvalue weighted by molar-refractivity contribution is 5.75. The van der Waals surface area contributed by atoms with Crippen molar-refractivity contribution in [3.05, 3.63) is 24.0 Å². The Balaban J connectivity index is 1.99. The van der Waals surface area contributed by atoms with Gasteiger partial charge in [0.25, 0.3) is 0 Å². The normalized spacial score (nSPS) is 10.3. The SMILES string of the molecule is CCCCCCCC(=O)NCc1cc[nH]c1. The van der Waals surface area contributed by atoms with Gasteiger partial charge in [0, 0.05) is 25.4 Å². The first-order valence-electron chi connectivity index (χ1n) is 6.21. The average molecular weight is 222 g/mol. The topological polar surface area (TPSA) is 44.9 Å². The molecule has 0 aliphatic heterocycles. The van der Waals surface area contributed by atoms with Gasteiger partial charge in [0.1, 0.15) is 0 Å². The summed E-state index contributed by atoms with van der Waals surface area (Å²) in [5.74, 6) is 0.165. The van der Waals surface area contributed by atoms with Crippen LogP contribution >= 0.6 is 0 Å². The lowest BCUT2D eigenvalue weighted by Crippen LogP contribution is -2.21. The van der Waals surface area contributed by atoms with E-state index in [1.54, 1.807) is 0 Å². The first-order chi connectivity index (χ1) is 7.83. The van der Waals surface area contributed by atoms with Crippen molar-refractivity contribution in [1.82, 2.24) is 10.3 Å². The number of nitrogens with one attached hydrogen (secondary N) is 2. The van der Waals surface area contributed by atoms with Crippen molar-refractivity contribution >= 4 is 5.91 Å². The Morgan fingerprint density at radius 3 is 2.81 bits per heavy atom. The van der Waals surface area contributed by atoms with Gasteiger partial charge >= 0.3 is 0 Å². The molecule has 90 valence electrons. The third-order valence-electron chi connectivity index (χ3n) is 2.66. The molecule has 0 saturated heterocycles. The van der Waals surface area contributed by atoms with E-state index in [0.29, 0.717) is 13.0 Å². The van der Waals surface area contributed by atoms with Gasteiger partial charge in [0.15, 0.2) is 0 Å². The fourth-order valence-electron chi connectivity index (χ4n) is 1.65. The van der Waals surface area contributed by atoms with Gasteiger partial charge in [-0.15, -0.1) is 0 Å². The molecule has 0 atom stereocenters. The van der Waals surface area contributed by atoms with Crippen LogP contribution < -0.4 is 5.32 Å². The van der Waals surface area contributed by atoms with E-state index < -0.39 is 0 Å². The molecule has 3 heteroatoms. The Morgan fingerprint density at radius 2 is 2.12 bits per heavy atom. The summed E-state index contributed by atoms with van der Waals surface area (Å²) in [6.07, 6.45) is 10.4. The summed E-state index contributed by atoms with van der Waals surface area (Å²) in [7, 11) is 0. The Labute approximate surface area is 97.6 Å². The van der Waals surface area contributed by atoms with E-state index in [2.05, 4.69) is 17.2 Å². The summed E-state index contributed by atoms with van der Waals surface area (Å²) in [6.45, 7) is 2.83. The summed E-state index contributed by atoms with van der Waals surface area (Å²) in [4.78, 5) is 14.4. The van der Waals surface area contributed by atoms with Crippen molar-refractivity contribution in [3.8, 4) is 0 Å².